The Labute approximate surface area is 240 Å². The molecule has 2 aromatic rings. The van der Waals surface area contributed by atoms with Crippen LogP contribution in [0.3, 0.4) is 0 Å². The van der Waals surface area contributed by atoms with Crippen molar-refractivity contribution in [3.8, 4) is 0 Å². The van der Waals surface area contributed by atoms with Gasteiger partial charge in [0.1, 0.15) is 11.6 Å². The monoisotopic (exact) mass is 579 g/mol. The van der Waals surface area contributed by atoms with E-state index in [2.05, 4.69) is 40.9 Å². The van der Waals surface area contributed by atoms with E-state index in [1.807, 2.05) is 18.2 Å². The number of carbonyl (C=O) groups is 3. The molecule has 1 amide bonds. The van der Waals surface area contributed by atoms with Gasteiger partial charge in [0.2, 0.25) is 5.91 Å². The molecule has 0 spiro atoms. The van der Waals surface area contributed by atoms with Crippen molar-refractivity contribution in [1.29, 1.82) is 0 Å². The predicted octanol–water partition coefficient (Wildman–Crippen LogP) is 3.19. The molecular weight excluding hydrogens is 534 g/mol. The molecule has 1 heterocycles. The second-order valence-electron chi connectivity index (χ2n) is 10.0. The van der Waals surface area contributed by atoms with Crippen molar-refractivity contribution in [2.45, 2.75) is 59.0 Å². The zero-order valence-electron chi connectivity index (χ0n) is 24.1. The molecule has 1 aromatic carbocycles. The van der Waals surface area contributed by atoms with Crippen LogP contribution in [0.25, 0.3) is 10.9 Å². The highest BCUT2D eigenvalue weighted by atomic mass is 32.2. The number of carbonyl (C=O) groups excluding carboxylic acids is 3. The van der Waals surface area contributed by atoms with Crippen molar-refractivity contribution in [2.75, 3.05) is 52.3 Å². The Bertz CT molecular complexity index is 1100. The van der Waals surface area contributed by atoms with E-state index in [0.717, 1.165) is 29.7 Å². The maximum atomic E-state index is 13.0. The second-order valence-corrected chi connectivity index (χ2v) is 11.1. The van der Waals surface area contributed by atoms with Crippen LogP contribution in [0.1, 0.15) is 51.6 Å². The lowest BCUT2D eigenvalue weighted by Gasteiger charge is -2.18. The summed E-state index contributed by atoms with van der Waals surface area (Å²) in [4.78, 5) is 38.9. The Kier molecular flexibility index (Phi) is 15.9. The summed E-state index contributed by atoms with van der Waals surface area (Å²) in [5.74, 6) is -0.993. The topological polar surface area (TPSA) is 127 Å². The zero-order chi connectivity index (χ0) is 29.3. The summed E-state index contributed by atoms with van der Waals surface area (Å²) >= 11 is -2.05. The van der Waals surface area contributed by atoms with Crippen LogP contribution < -0.4 is 5.32 Å². The van der Waals surface area contributed by atoms with Gasteiger partial charge in [-0.1, -0.05) is 25.1 Å². The minimum Gasteiger partial charge on any atom is -0.379 e. The molecule has 0 aliphatic carbocycles. The fourth-order valence-corrected chi connectivity index (χ4v) is 4.86. The lowest BCUT2D eigenvalue weighted by Crippen LogP contribution is -2.35. The lowest BCUT2D eigenvalue weighted by atomic mass is 9.97. The summed E-state index contributed by atoms with van der Waals surface area (Å²) < 4.78 is 33.5. The summed E-state index contributed by atoms with van der Waals surface area (Å²) in [6.45, 7) is 7.64. The molecule has 0 fully saturated rings. The van der Waals surface area contributed by atoms with E-state index in [1.54, 1.807) is 6.92 Å². The molecule has 0 saturated heterocycles. The Balaban J connectivity index is 1.84. The van der Waals surface area contributed by atoms with E-state index in [-0.39, 0.29) is 55.6 Å². The highest BCUT2D eigenvalue weighted by Crippen LogP contribution is 2.22. The largest absolute Gasteiger partial charge is 0.379 e. The standard InChI is InChI=1S/C29H45N3O7S/c1-4-31(3)22-26-20-24-9-5-6-10-28(24)32(26)14-11-27(34)21-25(12-19-40(36)37)29(35)30-13-16-39-18-17-38-15-7-8-23(2)33/h5-6,9-10,20,25H,4,7-8,11-19,21-22H2,1-3H3,(H,30,35)(H,36,37)/t25-/m1/s1. The molecule has 11 heteroatoms. The van der Waals surface area contributed by atoms with Gasteiger partial charge < -0.3 is 33.6 Å². The van der Waals surface area contributed by atoms with Crippen molar-refractivity contribution in [3.05, 3.63) is 36.0 Å². The summed E-state index contributed by atoms with van der Waals surface area (Å²) in [6.07, 6.45) is 1.61. The van der Waals surface area contributed by atoms with Gasteiger partial charge in [-0.05, 0) is 50.9 Å². The summed E-state index contributed by atoms with van der Waals surface area (Å²) in [5, 5.41) is 3.90. The number of para-hydroxylation sites is 1. The molecule has 1 aromatic heterocycles. The van der Waals surface area contributed by atoms with Gasteiger partial charge in [-0.15, -0.1) is 0 Å². The average Bonchev–Trinajstić information content (AvgIpc) is 3.26. The first-order valence-electron chi connectivity index (χ1n) is 14.0. The van der Waals surface area contributed by atoms with Gasteiger partial charge in [0.25, 0.3) is 0 Å². The second kappa shape index (κ2) is 18.8. The number of aryl methyl sites for hydroxylation is 1. The van der Waals surface area contributed by atoms with E-state index < -0.39 is 17.0 Å². The van der Waals surface area contributed by atoms with Crippen molar-refractivity contribution in [1.82, 2.24) is 14.8 Å². The van der Waals surface area contributed by atoms with Crippen molar-refractivity contribution in [3.63, 3.8) is 0 Å². The molecule has 2 rings (SSSR count). The van der Waals surface area contributed by atoms with Gasteiger partial charge in [0, 0.05) is 62.6 Å². The van der Waals surface area contributed by atoms with Crippen LogP contribution in [0.4, 0.5) is 0 Å². The van der Waals surface area contributed by atoms with Crippen LogP contribution >= 0.6 is 0 Å². The number of Topliss-reactive ketones (excluding diaryl/α,β-unsaturated/α-hetero) is 2. The van der Waals surface area contributed by atoms with Gasteiger partial charge in [0.15, 0.2) is 11.1 Å². The number of aromatic nitrogens is 1. The summed E-state index contributed by atoms with van der Waals surface area (Å²) in [7, 11) is 2.05. The number of amides is 1. The molecule has 0 bridgehead atoms. The van der Waals surface area contributed by atoms with Crippen LogP contribution in [0.2, 0.25) is 0 Å². The predicted molar refractivity (Wildman–Crippen MR) is 156 cm³/mol. The molecule has 224 valence electrons. The van der Waals surface area contributed by atoms with Gasteiger partial charge in [-0.3, -0.25) is 9.59 Å². The van der Waals surface area contributed by atoms with Crippen molar-refractivity contribution in [2.24, 2.45) is 5.92 Å². The fraction of sp³-hybridized carbons (Fsp3) is 0.621. The van der Waals surface area contributed by atoms with Crippen LogP contribution in [0.5, 0.6) is 0 Å². The van der Waals surface area contributed by atoms with Crippen LogP contribution in [0.15, 0.2) is 30.3 Å². The first-order valence-corrected chi connectivity index (χ1v) is 15.3. The Morgan fingerprint density at radius 1 is 1.10 bits per heavy atom. The Morgan fingerprint density at radius 3 is 2.52 bits per heavy atom. The highest BCUT2D eigenvalue weighted by molar-refractivity contribution is 7.79. The molecule has 1 unspecified atom stereocenters. The number of hydrogen-bond donors (Lipinski definition) is 2. The van der Waals surface area contributed by atoms with Crippen LogP contribution in [-0.2, 0) is 48.0 Å². The number of rotatable bonds is 22. The maximum Gasteiger partial charge on any atom is 0.223 e. The Hall–Kier alpha value is -2.44. The Morgan fingerprint density at radius 2 is 1.82 bits per heavy atom. The number of hydrogen-bond acceptors (Lipinski definition) is 7. The number of benzene rings is 1. The number of ketones is 2. The molecule has 2 N–H and O–H groups in total. The first kappa shape index (κ1) is 33.8. The normalized spacial score (nSPS) is 13.0. The fourth-order valence-electron chi connectivity index (χ4n) is 4.37. The average molecular weight is 580 g/mol. The first-order chi connectivity index (χ1) is 19.2. The molecule has 0 radical (unpaired) electrons. The minimum atomic E-state index is -2.05. The quantitative estimate of drug-likeness (QED) is 0.161. The maximum absolute atomic E-state index is 13.0. The van der Waals surface area contributed by atoms with E-state index in [1.165, 1.54) is 0 Å². The molecule has 40 heavy (non-hydrogen) atoms. The van der Waals surface area contributed by atoms with Gasteiger partial charge in [-0.2, -0.15) is 0 Å². The summed E-state index contributed by atoms with van der Waals surface area (Å²) in [6, 6.07) is 10.2. The lowest BCUT2D eigenvalue weighted by molar-refractivity contribution is -0.129. The third kappa shape index (κ3) is 12.8. The van der Waals surface area contributed by atoms with Crippen molar-refractivity contribution < 1.29 is 32.6 Å². The van der Waals surface area contributed by atoms with Crippen LogP contribution in [0, 0.1) is 5.92 Å². The van der Waals surface area contributed by atoms with E-state index in [0.29, 0.717) is 39.2 Å². The molecule has 2 atom stereocenters. The molecule has 0 saturated carbocycles. The molecule has 10 nitrogen and oxygen atoms in total. The third-order valence-corrected chi connectivity index (χ3v) is 7.29. The van der Waals surface area contributed by atoms with Gasteiger partial charge >= 0.3 is 0 Å². The highest BCUT2D eigenvalue weighted by Gasteiger charge is 2.23. The van der Waals surface area contributed by atoms with E-state index in [4.69, 9.17) is 9.47 Å². The number of nitrogens with one attached hydrogen (secondary N) is 1. The number of nitrogens with zero attached hydrogens (tertiary/aromatic N) is 2. The SMILES string of the molecule is CCN(C)Cc1cc2ccccc2n1CCC(=O)C[C@@H](CCS(=O)O)C(=O)NCCOCCOCCCC(C)=O. The zero-order valence-corrected chi connectivity index (χ0v) is 24.9. The summed E-state index contributed by atoms with van der Waals surface area (Å²) in [5.41, 5.74) is 2.20. The third-order valence-electron chi connectivity index (χ3n) is 6.70. The smallest absolute Gasteiger partial charge is 0.223 e. The molecular formula is C29H45N3O7S. The van der Waals surface area contributed by atoms with Crippen LogP contribution in [-0.4, -0.2) is 88.0 Å². The van der Waals surface area contributed by atoms with E-state index >= 15 is 0 Å². The molecule has 0 aliphatic heterocycles. The minimum absolute atomic E-state index is 0.0153. The molecule has 0 aliphatic rings. The van der Waals surface area contributed by atoms with Gasteiger partial charge in [-0.25, -0.2) is 4.21 Å². The van der Waals surface area contributed by atoms with Crippen molar-refractivity contribution >= 4 is 39.5 Å². The number of fused-ring (bicyclic) bond motifs is 1. The van der Waals surface area contributed by atoms with E-state index in [9.17, 15) is 23.1 Å². The van der Waals surface area contributed by atoms with Gasteiger partial charge in [0.05, 0.1) is 25.6 Å². The number of ether oxygens (including phenoxy) is 2.